The molecule has 5 heteroatoms. The summed E-state index contributed by atoms with van der Waals surface area (Å²) in [5.74, 6) is -1.54. The maximum atomic E-state index is 11.6. The molecule has 1 unspecified atom stereocenters. The fraction of sp³-hybridized carbons (Fsp3) is 0.818. The van der Waals surface area contributed by atoms with Gasteiger partial charge in [0.05, 0.1) is 12.0 Å². The number of amides is 1. The van der Waals surface area contributed by atoms with E-state index in [2.05, 4.69) is 5.32 Å². The second kappa shape index (κ2) is 5.84. The van der Waals surface area contributed by atoms with Crippen LogP contribution in [0.5, 0.6) is 0 Å². The molecule has 0 aromatic rings. The Labute approximate surface area is 96.4 Å². The highest BCUT2D eigenvalue weighted by atomic mass is 16.4. The summed E-state index contributed by atoms with van der Waals surface area (Å²) < 4.78 is 0. The van der Waals surface area contributed by atoms with Crippen LogP contribution in [0.2, 0.25) is 0 Å². The lowest BCUT2D eigenvalue weighted by molar-refractivity contribution is -0.141. The average molecular weight is 230 g/mol. The number of nitrogens with two attached hydrogens (primary N) is 1. The molecule has 94 valence electrons. The normalized spacial score (nSPS) is 15.3. The monoisotopic (exact) mass is 230 g/mol. The van der Waals surface area contributed by atoms with Crippen LogP contribution in [0, 0.1) is 11.3 Å². The molecule has 0 radical (unpaired) electrons. The molecule has 0 saturated carbocycles. The molecule has 0 aromatic carbocycles. The quantitative estimate of drug-likeness (QED) is 0.644. The second-order valence-corrected chi connectivity index (χ2v) is 5.16. The predicted octanol–water partition coefficient (Wildman–Crippen LogP) is 0.587. The molecule has 0 fully saturated rings. The van der Waals surface area contributed by atoms with Crippen molar-refractivity contribution < 1.29 is 14.7 Å². The minimum absolute atomic E-state index is 0.231. The molecule has 2 atom stereocenters. The third kappa shape index (κ3) is 5.11. The summed E-state index contributed by atoms with van der Waals surface area (Å²) in [6.45, 7) is 7.61. The number of nitrogens with one attached hydrogen (secondary N) is 1. The van der Waals surface area contributed by atoms with Crippen LogP contribution in [-0.4, -0.2) is 29.6 Å². The number of rotatable bonds is 5. The summed E-state index contributed by atoms with van der Waals surface area (Å²) in [7, 11) is 0. The second-order valence-electron chi connectivity index (χ2n) is 5.16. The van der Waals surface area contributed by atoms with Crippen molar-refractivity contribution in [2.24, 2.45) is 17.1 Å². The molecule has 0 aliphatic heterocycles. The molecular formula is C11H22N2O3. The maximum Gasteiger partial charge on any atom is 0.306 e. The number of carboxylic acids is 1. The van der Waals surface area contributed by atoms with E-state index in [0.29, 0.717) is 13.0 Å². The number of hydrogen-bond acceptors (Lipinski definition) is 3. The van der Waals surface area contributed by atoms with Crippen molar-refractivity contribution in [1.29, 1.82) is 0 Å². The Balaban J connectivity index is 3.96. The largest absolute Gasteiger partial charge is 0.481 e. The lowest BCUT2D eigenvalue weighted by Crippen LogP contribution is -2.48. The van der Waals surface area contributed by atoms with Crippen molar-refractivity contribution >= 4 is 11.9 Å². The molecule has 0 heterocycles. The van der Waals surface area contributed by atoms with Gasteiger partial charge in [-0.05, 0) is 11.8 Å². The van der Waals surface area contributed by atoms with Gasteiger partial charge in [0, 0.05) is 6.54 Å². The molecule has 0 saturated heterocycles. The fourth-order valence-corrected chi connectivity index (χ4v) is 1.04. The van der Waals surface area contributed by atoms with E-state index in [-0.39, 0.29) is 11.3 Å². The Hall–Kier alpha value is -1.10. The van der Waals surface area contributed by atoms with Gasteiger partial charge in [0.15, 0.2) is 0 Å². The Morgan fingerprint density at radius 1 is 1.38 bits per heavy atom. The van der Waals surface area contributed by atoms with Crippen molar-refractivity contribution in [3.05, 3.63) is 0 Å². The van der Waals surface area contributed by atoms with Crippen LogP contribution < -0.4 is 11.1 Å². The molecule has 0 aliphatic rings. The number of carboxylic acid groups (broad SMARTS) is 1. The maximum absolute atomic E-state index is 11.6. The topological polar surface area (TPSA) is 92.4 Å². The van der Waals surface area contributed by atoms with Gasteiger partial charge < -0.3 is 16.2 Å². The summed E-state index contributed by atoms with van der Waals surface area (Å²) in [6, 6.07) is -0.576. The first-order valence-corrected chi connectivity index (χ1v) is 5.42. The molecule has 0 spiro atoms. The van der Waals surface area contributed by atoms with Crippen molar-refractivity contribution in [2.45, 2.75) is 40.2 Å². The van der Waals surface area contributed by atoms with Gasteiger partial charge in [-0.15, -0.1) is 0 Å². The zero-order valence-corrected chi connectivity index (χ0v) is 10.4. The van der Waals surface area contributed by atoms with Gasteiger partial charge in [-0.1, -0.05) is 27.7 Å². The van der Waals surface area contributed by atoms with Crippen LogP contribution >= 0.6 is 0 Å². The van der Waals surface area contributed by atoms with Crippen molar-refractivity contribution in [3.8, 4) is 0 Å². The van der Waals surface area contributed by atoms with Gasteiger partial charge in [0.25, 0.3) is 0 Å². The number of carbonyl (C=O) groups excluding carboxylic acids is 1. The third-order valence-electron chi connectivity index (χ3n) is 2.51. The highest BCUT2D eigenvalue weighted by molar-refractivity contribution is 5.82. The summed E-state index contributed by atoms with van der Waals surface area (Å²) >= 11 is 0. The first-order valence-electron chi connectivity index (χ1n) is 5.42. The van der Waals surface area contributed by atoms with E-state index >= 15 is 0 Å². The van der Waals surface area contributed by atoms with Crippen LogP contribution in [0.1, 0.15) is 34.1 Å². The van der Waals surface area contributed by atoms with Crippen LogP contribution in [-0.2, 0) is 9.59 Å². The Kier molecular flexibility index (Phi) is 5.44. The zero-order valence-electron chi connectivity index (χ0n) is 10.4. The Bertz CT molecular complexity index is 258. The molecule has 5 nitrogen and oxygen atoms in total. The van der Waals surface area contributed by atoms with E-state index in [0.717, 1.165) is 0 Å². The summed E-state index contributed by atoms with van der Waals surface area (Å²) in [6.07, 6.45) is 0.415. The average Bonchev–Trinajstić information content (AvgIpc) is 2.14. The third-order valence-corrected chi connectivity index (χ3v) is 2.51. The van der Waals surface area contributed by atoms with E-state index < -0.39 is 17.9 Å². The van der Waals surface area contributed by atoms with Gasteiger partial charge in [-0.3, -0.25) is 9.59 Å². The van der Waals surface area contributed by atoms with E-state index in [1.165, 1.54) is 0 Å². The lowest BCUT2D eigenvalue weighted by atomic mass is 9.87. The van der Waals surface area contributed by atoms with E-state index in [4.69, 9.17) is 10.8 Å². The molecule has 1 amide bonds. The molecule has 16 heavy (non-hydrogen) atoms. The smallest absolute Gasteiger partial charge is 0.306 e. The van der Waals surface area contributed by atoms with Crippen LogP contribution in [0.25, 0.3) is 0 Å². The standard InChI is InChI=1S/C11H22N2O3/c1-7(10(15)16)5-6-13-9(14)8(12)11(2,3)4/h7-8H,5-6,12H2,1-4H3,(H,13,14)(H,15,16)/t7?,8-/m1/s1. The Morgan fingerprint density at radius 3 is 2.25 bits per heavy atom. The SMILES string of the molecule is CC(CCNC(=O)[C@@H](N)C(C)(C)C)C(=O)O. The fourth-order valence-electron chi connectivity index (χ4n) is 1.04. The Morgan fingerprint density at radius 2 is 1.88 bits per heavy atom. The summed E-state index contributed by atoms with van der Waals surface area (Å²) in [5, 5.41) is 11.3. The highest BCUT2D eigenvalue weighted by Crippen LogP contribution is 2.17. The summed E-state index contributed by atoms with van der Waals surface area (Å²) in [5.41, 5.74) is 5.45. The molecule has 0 rings (SSSR count). The van der Waals surface area contributed by atoms with Crippen molar-refractivity contribution in [2.75, 3.05) is 6.54 Å². The molecule has 4 N–H and O–H groups in total. The van der Waals surface area contributed by atoms with Gasteiger partial charge >= 0.3 is 5.97 Å². The molecule has 0 aromatic heterocycles. The predicted molar refractivity (Wildman–Crippen MR) is 61.9 cm³/mol. The van der Waals surface area contributed by atoms with Gasteiger partial charge in [0.1, 0.15) is 0 Å². The summed E-state index contributed by atoms with van der Waals surface area (Å²) in [4.78, 5) is 22.1. The lowest BCUT2D eigenvalue weighted by Gasteiger charge is -2.25. The molecule has 0 aliphatic carbocycles. The number of carbonyl (C=O) groups is 2. The minimum atomic E-state index is -0.852. The zero-order chi connectivity index (χ0) is 12.9. The number of hydrogen-bond donors (Lipinski definition) is 3. The van der Waals surface area contributed by atoms with E-state index in [9.17, 15) is 9.59 Å². The minimum Gasteiger partial charge on any atom is -0.481 e. The first kappa shape index (κ1) is 14.9. The highest BCUT2D eigenvalue weighted by Gasteiger charge is 2.27. The molecule has 0 bridgehead atoms. The van der Waals surface area contributed by atoms with Crippen LogP contribution in [0.15, 0.2) is 0 Å². The van der Waals surface area contributed by atoms with Gasteiger partial charge in [0.2, 0.25) is 5.91 Å². The first-order chi connectivity index (χ1) is 7.16. The van der Waals surface area contributed by atoms with Crippen LogP contribution in [0.3, 0.4) is 0 Å². The van der Waals surface area contributed by atoms with Gasteiger partial charge in [-0.25, -0.2) is 0 Å². The van der Waals surface area contributed by atoms with E-state index in [1.807, 2.05) is 20.8 Å². The van der Waals surface area contributed by atoms with Crippen molar-refractivity contribution in [3.63, 3.8) is 0 Å². The van der Waals surface area contributed by atoms with E-state index in [1.54, 1.807) is 6.92 Å². The molecular weight excluding hydrogens is 208 g/mol. The van der Waals surface area contributed by atoms with Crippen LogP contribution in [0.4, 0.5) is 0 Å². The van der Waals surface area contributed by atoms with Crippen molar-refractivity contribution in [1.82, 2.24) is 5.32 Å². The van der Waals surface area contributed by atoms with Gasteiger partial charge in [-0.2, -0.15) is 0 Å². The number of aliphatic carboxylic acids is 1.